The SMILES string of the molecule is CSc1nc2nc(C)c(CC(=O)N3CCCN(c4ccc(F)cc4)CC3)c(C)n2n1. The van der Waals surface area contributed by atoms with Gasteiger partial charge in [-0.05, 0) is 50.8 Å². The van der Waals surface area contributed by atoms with Crippen molar-refractivity contribution in [3.8, 4) is 0 Å². The van der Waals surface area contributed by atoms with Crippen LogP contribution in [-0.4, -0.2) is 62.8 Å². The van der Waals surface area contributed by atoms with Crippen LogP contribution in [0.3, 0.4) is 0 Å². The van der Waals surface area contributed by atoms with Gasteiger partial charge in [-0.15, -0.1) is 5.10 Å². The lowest BCUT2D eigenvalue weighted by Gasteiger charge is -2.24. The number of rotatable bonds is 4. The zero-order valence-corrected chi connectivity index (χ0v) is 18.2. The maximum absolute atomic E-state index is 13.2. The topological polar surface area (TPSA) is 66.6 Å². The van der Waals surface area contributed by atoms with Gasteiger partial charge in [0.25, 0.3) is 5.78 Å². The summed E-state index contributed by atoms with van der Waals surface area (Å²) in [5.41, 5.74) is 3.62. The predicted molar refractivity (Wildman–Crippen MR) is 116 cm³/mol. The van der Waals surface area contributed by atoms with Gasteiger partial charge in [0.2, 0.25) is 11.1 Å². The van der Waals surface area contributed by atoms with Gasteiger partial charge < -0.3 is 9.80 Å². The molecule has 0 spiro atoms. The van der Waals surface area contributed by atoms with Crippen molar-refractivity contribution < 1.29 is 9.18 Å². The first-order valence-electron chi connectivity index (χ1n) is 10.0. The summed E-state index contributed by atoms with van der Waals surface area (Å²) in [6.07, 6.45) is 3.10. The van der Waals surface area contributed by atoms with Crippen molar-refractivity contribution in [1.82, 2.24) is 24.5 Å². The maximum atomic E-state index is 13.2. The molecule has 0 atom stereocenters. The van der Waals surface area contributed by atoms with Crippen LogP contribution in [0.5, 0.6) is 0 Å². The molecule has 4 rings (SSSR count). The van der Waals surface area contributed by atoms with Crippen molar-refractivity contribution in [2.45, 2.75) is 31.8 Å². The average Bonchev–Trinajstić information content (AvgIpc) is 2.99. The highest BCUT2D eigenvalue weighted by molar-refractivity contribution is 7.98. The van der Waals surface area contributed by atoms with E-state index in [9.17, 15) is 9.18 Å². The molecular weight excluding hydrogens is 403 g/mol. The Balaban J connectivity index is 1.48. The second-order valence-electron chi connectivity index (χ2n) is 7.45. The first-order valence-corrected chi connectivity index (χ1v) is 11.2. The van der Waals surface area contributed by atoms with Crippen LogP contribution in [0.4, 0.5) is 10.1 Å². The molecule has 0 saturated carbocycles. The molecule has 1 saturated heterocycles. The Kier molecular flexibility index (Phi) is 5.90. The highest BCUT2D eigenvalue weighted by Crippen LogP contribution is 2.20. The molecule has 3 heterocycles. The molecule has 1 aliphatic rings. The molecule has 9 heteroatoms. The molecule has 3 aromatic rings. The minimum atomic E-state index is -0.237. The molecule has 158 valence electrons. The Morgan fingerprint density at radius 2 is 1.87 bits per heavy atom. The monoisotopic (exact) mass is 428 g/mol. The molecule has 0 N–H and O–H groups in total. The third-order valence-corrected chi connectivity index (χ3v) is 6.12. The largest absolute Gasteiger partial charge is 0.370 e. The number of fused-ring (bicyclic) bond motifs is 1. The van der Waals surface area contributed by atoms with Crippen LogP contribution in [0.25, 0.3) is 5.78 Å². The molecule has 0 unspecified atom stereocenters. The van der Waals surface area contributed by atoms with E-state index in [0.717, 1.165) is 42.1 Å². The number of nitrogens with zero attached hydrogens (tertiary/aromatic N) is 6. The summed E-state index contributed by atoms with van der Waals surface area (Å²) < 4.78 is 14.9. The second kappa shape index (κ2) is 8.59. The van der Waals surface area contributed by atoms with Crippen molar-refractivity contribution in [3.05, 3.63) is 47.0 Å². The molecule has 1 aromatic carbocycles. The lowest BCUT2D eigenvalue weighted by molar-refractivity contribution is -0.130. The van der Waals surface area contributed by atoms with E-state index in [1.165, 1.54) is 23.9 Å². The Morgan fingerprint density at radius 1 is 1.10 bits per heavy atom. The number of carbonyl (C=O) groups is 1. The van der Waals surface area contributed by atoms with E-state index >= 15 is 0 Å². The van der Waals surface area contributed by atoms with Gasteiger partial charge in [0.1, 0.15) is 5.82 Å². The molecule has 2 aromatic heterocycles. The average molecular weight is 429 g/mol. The third kappa shape index (κ3) is 4.12. The van der Waals surface area contributed by atoms with Crippen LogP contribution in [0.15, 0.2) is 29.4 Å². The Hall–Kier alpha value is -2.68. The number of benzene rings is 1. The number of carbonyl (C=O) groups excluding carboxylic acids is 1. The Bertz CT molecular complexity index is 1070. The van der Waals surface area contributed by atoms with Crippen molar-refractivity contribution in [3.63, 3.8) is 0 Å². The summed E-state index contributed by atoms with van der Waals surface area (Å²) >= 11 is 1.47. The van der Waals surface area contributed by atoms with Crippen molar-refractivity contribution in [1.29, 1.82) is 0 Å². The number of amides is 1. The Morgan fingerprint density at radius 3 is 2.60 bits per heavy atom. The van der Waals surface area contributed by atoms with Crippen molar-refractivity contribution >= 4 is 29.1 Å². The summed E-state index contributed by atoms with van der Waals surface area (Å²) in [6, 6.07) is 6.54. The number of hydrogen-bond donors (Lipinski definition) is 0. The fourth-order valence-corrected chi connectivity index (χ4v) is 4.21. The van der Waals surface area contributed by atoms with Gasteiger partial charge in [-0.1, -0.05) is 11.8 Å². The smallest absolute Gasteiger partial charge is 0.253 e. The van der Waals surface area contributed by atoms with Crippen LogP contribution in [0, 0.1) is 19.7 Å². The normalized spacial score (nSPS) is 14.9. The molecule has 0 radical (unpaired) electrons. The van der Waals surface area contributed by atoms with E-state index in [0.29, 0.717) is 30.4 Å². The molecule has 30 heavy (non-hydrogen) atoms. The zero-order chi connectivity index (χ0) is 21.3. The zero-order valence-electron chi connectivity index (χ0n) is 17.4. The number of thioether (sulfide) groups is 1. The number of aryl methyl sites for hydroxylation is 2. The second-order valence-corrected chi connectivity index (χ2v) is 8.22. The highest BCUT2D eigenvalue weighted by atomic mass is 32.2. The van der Waals surface area contributed by atoms with Crippen LogP contribution >= 0.6 is 11.8 Å². The van der Waals surface area contributed by atoms with E-state index in [-0.39, 0.29) is 11.7 Å². The van der Waals surface area contributed by atoms with Crippen LogP contribution in [0.1, 0.15) is 23.4 Å². The van der Waals surface area contributed by atoms with Gasteiger partial charge in [-0.2, -0.15) is 4.98 Å². The van der Waals surface area contributed by atoms with Crippen molar-refractivity contribution in [2.75, 3.05) is 37.3 Å². The van der Waals surface area contributed by atoms with E-state index in [4.69, 9.17) is 0 Å². The first kappa shape index (κ1) is 20.6. The minimum Gasteiger partial charge on any atom is -0.370 e. The number of anilines is 1. The van der Waals surface area contributed by atoms with Gasteiger partial charge in [-0.3, -0.25) is 4.79 Å². The third-order valence-electron chi connectivity index (χ3n) is 5.58. The lowest BCUT2D eigenvalue weighted by atomic mass is 10.1. The quantitative estimate of drug-likeness (QED) is 0.596. The van der Waals surface area contributed by atoms with Crippen LogP contribution in [0.2, 0.25) is 0 Å². The fourth-order valence-electron chi connectivity index (χ4n) is 3.87. The molecule has 0 aliphatic carbocycles. The van der Waals surface area contributed by atoms with Gasteiger partial charge in [-0.25, -0.2) is 13.9 Å². The molecule has 1 aliphatic heterocycles. The van der Waals surface area contributed by atoms with Gasteiger partial charge in [0.05, 0.1) is 6.42 Å². The first-order chi connectivity index (χ1) is 14.5. The summed E-state index contributed by atoms with van der Waals surface area (Å²) in [4.78, 5) is 26.2. The number of hydrogen-bond acceptors (Lipinski definition) is 6. The van der Waals surface area contributed by atoms with Gasteiger partial charge in [0, 0.05) is 48.8 Å². The summed E-state index contributed by atoms with van der Waals surface area (Å²) in [5.74, 6) is 0.419. The van der Waals surface area contributed by atoms with E-state index < -0.39 is 0 Å². The molecular formula is C21H25FN6OS. The molecule has 1 amide bonds. The van der Waals surface area contributed by atoms with Crippen LogP contribution < -0.4 is 4.90 Å². The summed E-state index contributed by atoms with van der Waals surface area (Å²) in [6.45, 7) is 6.81. The van der Waals surface area contributed by atoms with Gasteiger partial charge in [0.15, 0.2) is 0 Å². The summed E-state index contributed by atoms with van der Waals surface area (Å²) in [7, 11) is 0. The van der Waals surface area contributed by atoms with Crippen LogP contribution in [-0.2, 0) is 11.2 Å². The maximum Gasteiger partial charge on any atom is 0.253 e. The minimum absolute atomic E-state index is 0.0912. The van der Waals surface area contributed by atoms with E-state index in [1.54, 1.807) is 16.6 Å². The molecule has 1 fully saturated rings. The number of aromatic nitrogens is 4. The van der Waals surface area contributed by atoms with Gasteiger partial charge >= 0.3 is 0 Å². The predicted octanol–water partition coefficient (Wildman–Crippen LogP) is 2.88. The Labute approximate surface area is 179 Å². The molecule has 0 bridgehead atoms. The fraction of sp³-hybridized carbons (Fsp3) is 0.429. The van der Waals surface area contributed by atoms with E-state index in [2.05, 4.69) is 20.0 Å². The lowest BCUT2D eigenvalue weighted by Crippen LogP contribution is -2.36. The van der Waals surface area contributed by atoms with Crippen molar-refractivity contribution in [2.24, 2.45) is 0 Å². The summed E-state index contributed by atoms with van der Waals surface area (Å²) in [5, 5.41) is 5.13. The number of halogens is 1. The standard InChI is InChI=1S/C21H25FN6OS/c1-14-18(15(2)28-20(23-14)24-21(25-28)30-3)13-19(29)27-10-4-9-26(11-12-27)17-7-5-16(22)6-8-17/h5-8H,4,9-13H2,1-3H3. The molecule has 7 nitrogen and oxygen atoms in total. The highest BCUT2D eigenvalue weighted by Gasteiger charge is 2.22. The van der Waals surface area contributed by atoms with E-state index in [1.807, 2.05) is 25.0 Å².